The number of hydrogen-bond donors (Lipinski definition) is 5. The van der Waals surface area contributed by atoms with Gasteiger partial charge in [-0.25, -0.2) is 10.3 Å². The topological polar surface area (TPSA) is 143 Å². The smallest absolute Gasteiger partial charge is 0.335 e. The molecular formula is C31H33N5O6. The first kappa shape index (κ1) is 29.0. The highest BCUT2D eigenvalue weighted by Crippen LogP contribution is 2.38. The summed E-state index contributed by atoms with van der Waals surface area (Å²) in [7, 11) is 0. The van der Waals surface area contributed by atoms with Gasteiger partial charge in [0.05, 0.1) is 35.7 Å². The Hall–Kier alpha value is -4.55. The molecule has 1 saturated heterocycles. The number of nitrogens with zero attached hydrogens (tertiary/aromatic N) is 2. The molecule has 2 amide bonds. The molecule has 42 heavy (non-hydrogen) atoms. The molecule has 3 aromatic carbocycles. The van der Waals surface area contributed by atoms with E-state index in [0.717, 1.165) is 31.7 Å². The summed E-state index contributed by atoms with van der Waals surface area (Å²) < 4.78 is 0. The zero-order valence-corrected chi connectivity index (χ0v) is 23.0. The number of hydroxylamine groups is 1. The molecule has 2 heterocycles. The third-order valence-electron chi connectivity index (χ3n) is 7.30. The fraction of sp³-hybridized carbons (Fsp3) is 0.258. The maximum absolute atomic E-state index is 13.1. The molecule has 0 bridgehead atoms. The number of fused-ring (bicyclic) bond motifs is 1. The van der Waals surface area contributed by atoms with Crippen molar-refractivity contribution >= 4 is 40.4 Å². The van der Waals surface area contributed by atoms with Crippen LogP contribution in [0.2, 0.25) is 0 Å². The van der Waals surface area contributed by atoms with Gasteiger partial charge >= 0.3 is 5.97 Å². The third kappa shape index (κ3) is 6.84. The highest BCUT2D eigenvalue weighted by Gasteiger charge is 2.29. The fourth-order valence-corrected chi connectivity index (χ4v) is 5.02. The summed E-state index contributed by atoms with van der Waals surface area (Å²) in [6.07, 6.45) is 0. The number of benzene rings is 3. The first-order chi connectivity index (χ1) is 20.4. The molecule has 0 atom stereocenters. The maximum Gasteiger partial charge on any atom is 0.335 e. The molecule has 11 nitrogen and oxygen atoms in total. The maximum atomic E-state index is 13.1. The SMILES string of the molecule is O=C1Nc2cc(C(=O)O)ccc2C1=C(Nc1ccc(C(=O)NOCCN2CCN(CCO)CC2)cc1)c1ccccc1. The van der Waals surface area contributed by atoms with E-state index in [4.69, 9.17) is 9.94 Å². The number of anilines is 2. The van der Waals surface area contributed by atoms with Crippen molar-refractivity contribution in [2.24, 2.45) is 0 Å². The minimum absolute atomic E-state index is 0.0828. The minimum Gasteiger partial charge on any atom is -0.478 e. The van der Waals surface area contributed by atoms with Crippen LogP contribution in [0.5, 0.6) is 0 Å². The number of carboxylic acid groups (broad SMARTS) is 1. The number of rotatable bonds is 11. The summed E-state index contributed by atoms with van der Waals surface area (Å²) in [4.78, 5) is 47.0. The van der Waals surface area contributed by atoms with Gasteiger partial charge in [-0.1, -0.05) is 36.4 Å². The Balaban J connectivity index is 1.24. The van der Waals surface area contributed by atoms with Crippen LogP contribution >= 0.6 is 0 Å². The van der Waals surface area contributed by atoms with E-state index >= 15 is 0 Å². The van der Waals surface area contributed by atoms with Crippen LogP contribution in [0.1, 0.15) is 31.8 Å². The monoisotopic (exact) mass is 571 g/mol. The zero-order chi connectivity index (χ0) is 29.5. The first-order valence-corrected chi connectivity index (χ1v) is 13.8. The number of amides is 2. The van der Waals surface area contributed by atoms with Crippen LogP contribution in [0.4, 0.5) is 11.4 Å². The van der Waals surface area contributed by atoms with Gasteiger partial charge in [0.25, 0.3) is 11.8 Å². The predicted molar refractivity (Wildman–Crippen MR) is 159 cm³/mol. The van der Waals surface area contributed by atoms with E-state index in [-0.39, 0.29) is 24.0 Å². The molecule has 2 aliphatic heterocycles. The average molecular weight is 572 g/mol. The largest absolute Gasteiger partial charge is 0.478 e. The van der Waals surface area contributed by atoms with Crippen molar-refractivity contribution in [3.63, 3.8) is 0 Å². The Morgan fingerprint density at radius 2 is 1.52 bits per heavy atom. The van der Waals surface area contributed by atoms with Crippen molar-refractivity contribution < 1.29 is 29.4 Å². The van der Waals surface area contributed by atoms with Crippen molar-refractivity contribution in [1.82, 2.24) is 15.3 Å². The predicted octanol–water partition coefficient (Wildman–Crippen LogP) is 2.59. The lowest BCUT2D eigenvalue weighted by molar-refractivity contribution is -0.110. The number of β-amino-alcohol motifs (C(OH)–C–C–N with tert-alkyl or cyclic N) is 1. The molecule has 0 radical (unpaired) electrons. The Kier molecular flexibility index (Phi) is 9.25. The Bertz CT molecular complexity index is 1470. The number of nitrogens with one attached hydrogen (secondary N) is 3. The number of carboxylic acids is 1. The van der Waals surface area contributed by atoms with Gasteiger partial charge in [-0.3, -0.25) is 24.2 Å². The Morgan fingerprint density at radius 1 is 0.857 bits per heavy atom. The molecule has 0 aromatic heterocycles. The highest BCUT2D eigenvalue weighted by molar-refractivity contribution is 6.37. The van der Waals surface area contributed by atoms with Crippen LogP contribution in [-0.4, -0.2) is 90.3 Å². The number of carbonyl (C=O) groups is 3. The lowest BCUT2D eigenvalue weighted by Crippen LogP contribution is -2.48. The molecule has 3 aromatic rings. The average Bonchev–Trinajstić information content (AvgIpc) is 3.34. The number of carbonyl (C=O) groups excluding carboxylic acids is 2. The van der Waals surface area contributed by atoms with E-state index in [1.165, 1.54) is 12.1 Å². The van der Waals surface area contributed by atoms with E-state index in [1.54, 1.807) is 30.3 Å². The molecule has 218 valence electrons. The molecule has 0 aliphatic carbocycles. The molecule has 0 unspecified atom stereocenters. The molecule has 5 N–H and O–H groups in total. The van der Waals surface area contributed by atoms with Crippen molar-refractivity contribution in [2.75, 3.05) is 63.1 Å². The number of aliphatic hydroxyl groups is 1. The van der Waals surface area contributed by atoms with E-state index in [1.807, 2.05) is 30.3 Å². The Labute approximate surface area is 243 Å². The number of hydrogen-bond acceptors (Lipinski definition) is 8. The minimum atomic E-state index is -1.08. The normalized spacial score (nSPS) is 16.5. The summed E-state index contributed by atoms with van der Waals surface area (Å²) in [6.45, 7) is 5.50. The quantitative estimate of drug-likeness (QED) is 0.133. The van der Waals surface area contributed by atoms with Gasteiger partial charge in [-0.05, 0) is 42.0 Å². The summed E-state index contributed by atoms with van der Waals surface area (Å²) >= 11 is 0. The third-order valence-corrected chi connectivity index (χ3v) is 7.30. The fourth-order valence-electron chi connectivity index (χ4n) is 5.02. The summed E-state index contributed by atoms with van der Waals surface area (Å²) in [5, 5.41) is 24.5. The molecule has 0 spiro atoms. The van der Waals surface area contributed by atoms with Gasteiger partial charge in [0.1, 0.15) is 0 Å². The summed E-state index contributed by atoms with van der Waals surface area (Å²) in [5.74, 6) is -1.79. The molecule has 1 fully saturated rings. The molecule has 0 saturated carbocycles. The molecule has 5 rings (SSSR count). The van der Waals surface area contributed by atoms with Gasteiger partial charge in [0.15, 0.2) is 0 Å². The van der Waals surface area contributed by atoms with Crippen LogP contribution in [0.25, 0.3) is 11.3 Å². The second kappa shape index (κ2) is 13.4. The van der Waals surface area contributed by atoms with E-state index in [0.29, 0.717) is 53.5 Å². The molecule has 2 aliphatic rings. The lowest BCUT2D eigenvalue weighted by Gasteiger charge is -2.34. The summed E-state index contributed by atoms with van der Waals surface area (Å²) in [5.41, 5.74) is 6.37. The van der Waals surface area contributed by atoms with E-state index in [9.17, 15) is 19.5 Å². The molecule has 11 heteroatoms. The van der Waals surface area contributed by atoms with Gasteiger partial charge in [0.2, 0.25) is 0 Å². The van der Waals surface area contributed by atoms with Crippen molar-refractivity contribution in [3.05, 3.63) is 95.1 Å². The van der Waals surface area contributed by atoms with Crippen LogP contribution < -0.4 is 16.1 Å². The van der Waals surface area contributed by atoms with Crippen LogP contribution in [0.15, 0.2) is 72.8 Å². The zero-order valence-electron chi connectivity index (χ0n) is 23.0. The number of aromatic carboxylic acids is 1. The Morgan fingerprint density at radius 3 is 2.19 bits per heavy atom. The van der Waals surface area contributed by atoms with Crippen LogP contribution in [0, 0.1) is 0 Å². The molecular weight excluding hydrogens is 538 g/mol. The van der Waals surface area contributed by atoms with Gasteiger partial charge in [0, 0.05) is 56.1 Å². The lowest BCUT2D eigenvalue weighted by atomic mass is 9.99. The second-order valence-electron chi connectivity index (χ2n) is 10.0. The highest BCUT2D eigenvalue weighted by atomic mass is 16.7. The van der Waals surface area contributed by atoms with Crippen molar-refractivity contribution in [3.8, 4) is 0 Å². The van der Waals surface area contributed by atoms with Crippen molar-refractivity contribution in [1.29, 1.82) is 0 Å². The standard InChI is InChI=1S/C31H33N5O6/c37-18-16-35-12-14-36(15-13-35)17-19-42-34-29(38)22-6-9-24(10-7-22)32-28(21-4-2-1-3-5-21)27-25-11-8-23(31(40)41)20-26(25)33-30(27)39/h1-11,20,32,37H,12-19H2,(H,33,39)(H,34,38)(H,40,41). The van der Waals surface area contributed by atoms with E-state index in [2.05, 4.69) is 25.9 Å². The number of aliphatic hydroxyl groups excluding tert-OH is 1. The van der Waals surface area contributed by atoms with Gasteiger partial charge in [-0.2, -0.15) is 0 Å². The van der Waals surface area contributed by atoms with Gasteiger partial charge in [-0.15, -0.1) is 0 Å². The van der Waals surface area contributed by atoms with Crippen LogP contribution in [-0.2, 0) is 9.63 Å². The second-order valence-corrected chi connectivity index (χ2v) is 10.0. The summed E-state index contributed by atoms with van der Waals surface area (Å²) in [6, 6.07) is 20.7. The number of piperazine rings is 1. The van der Waals surface area contributed by atoms with Gasteiger partial charge < -0.3 is 20.8 Å². The van der Waals surface area contributed by atoms with Crippen molar-refractivity contribution in [2.45, 2.75) is 0 Å². The van der Waals surface area contributed by atoms with Crippen LogP contribution in [0.3, 0.4) is 0 Å². The van der Waals surface area contributed by atoms with E-state index < -0.39 is 5.97 Å². The first-order valence-electron chi connectivity index (χ1n) is 13.8.